The molecule has 0 radical (unpaired) electrons. The quantitative estimate of drug-likeness (QED) is 0.924. The summed E-state index contributed by atoms with van der Waals surface area (Å²) in [4.78, 5) is 0.825. The second-order valence-corrected chi connectivity index (χ2v) is 7.40. The summed E-state index contributed by atoms with van der Waals surface area (Å²) in [7, 11) is -3.44. The summed E-state index contributed by atoms with van der Waals surface area (Å²) < 4.78 is 26.9. The Bertz CT molecular complexity index is 495. The molecule has 1 aliphatic heterocycles. The van der Waals surface area contributed by atoms with E-state index in [-0.39, 0.29) is 17.5 Å². The highest BCUT2D eigenvalue weighted by Gasteiger charge is 2.34. The first-order valence-corrected chi connectivity index (χ1v) is 8.62. The Kier molecular flexibility index (Phi) is 4.42. The minimum atomic E-state index is -3.44. The van der Waals surface area contributed by atoms with Crippen molar-refractivity contribution in [3.63, 3.8) is 0 Å². The molecule has 1 aromatic rings. The third kappa shape index (κ3) is 2.47. The van der Waals surface area contributed by atoms with E-state index in [2.05, 4.69) is 0 Å². The lowest BCUT2D eigenvalue weighted by atomic mass is 10.0. The van der Waals surface area contributed by atoms with Gasteiger partial charge in [-0.05, 0) is 30.7 Å². The van der Waals surface area contributed by atoms with Gasteiger partial charge < -0.3 is 5.11 Å². The van der Waals surface area contributed by atoms with Gasteiger partial charge in [-0.2, -0.15) is 4.31 Å². The van der Waals surface area contributed by atoms with E-state index >= 15 is 0 Å². The molecule has 0 bridgehead atoms. The minimum absolute atomic E-state index is 0.107. The van der Waals surface area contributed by atoms with E-state index in [1.165, 1.54) is 11.3 Å². The van der Waals surface area contributed by atoms with Gasteiger partial charge in [-0.15, -0.1) is 11.3 Å². The van der Waals surface area contributed by atoms with Crippen molar-refractivity contribution in [1.29, 1.82) is 0 Å². The van der Waals surface area contributed by atoms with Crippen LogP contribution in [0.1, 0.15) is 37.5 Å². The van der Waals surface area contributed by atoms with Crippen LogP contribution < -0.4 is 0 Å². The molecule has 0 saturated carbocycles. The van der Waals surface area contributed by atoms with Crippen molar-refractivity contribution >= 4 is 21.4 Å². The molecule has 18 heavy (non-hydrogen) atoms. The van der Waals surface area contributed by atoms with E-state index in [4.69, 9.17) is 0 Å². The molecule has 6 heteroatoms. The zero-order valence-corrected chi connectivity index (χ0v) is 12.1. The first kappa shape index (κ1) is 14.0. The van der Waals surface area contributed by atoms with Crippen molar-refractivity contribution in [3.8, 4) is 0 Å². The molecular weight excluding hydrogens is 270 g/mol. The van der Waals surface area contributed by atoms with Crippen LogP contribution in [-0.4, -0.2) is 30.4 Å². The summed E-state index contributed by atoms with van der Waals surface area (Å²) in [6, 6.07) is 1.71. The molecule has 0 amide bonds. The number of sulfonamides is 1. The van der Waals surface area contributed by atoms with Crippen LogP contribution in [0.25, 0.3) is 0 Å². The van der Waals surface area contributed by atoms with E-state index in [9.17, 15) is 13.5 Å². The summed E-state index contributed by atoms with van der Waals surface area (Å²) in [6.45, 7) is 2.41. The van der Waals surface area contributed by atoms with Gasteiger partial charge in [0.15, 0.2) is 0 Å². The van der Waals surface area contributed by atoms with E-state index < -0.39 is 10.0 Å². The highest BCUT2D eigenvalue weighted by atomic mass is 32.2. The van der Waals surface area contributed by atoms with Crippen molar-refractivity contribution in [3.05, 3.63) is 16.3 Å². The fourth-order valence-electron chi connectivity index (χ4n) is 2.50. The first-order chi connectivity index (χ1) is 8.61. The van der Waals surface area contributed by atoms with Crippen molar-refractivity contribution < 1.29 is 13.5 Å². The van der Waals surface area contributed by atoms with Crippen LogP contribution in [0.2, 0.25) is 0 Å². The Morgan fingerprint density at radius 3 is 2.94 bits per heavy atom. The molecule has 4 nitrogen and oxygen atoms in total. The maximum absolute atomic E-state index is 12.6. The average molecular weight is 289 g/mol. The predicted molar refractivity (Wildman–Crippen MR) is 72.1 cm³/mol. The van der Waals surface area contributed by atoms with Crippen LogP contribution in [-0.2, 0) is 16.6 Å². The smallest absolute Gasteiger partial charge is 0.244 e. The Balaban J connectivity index is 2.35. The normalized spacial score (nSPS) is 22.2. The second-order valence-electron chi connectivity index (χ2n) is 4.54. The van der Waals surface area contributed by atoms with E-state index in [0.29, 0.717) is 11.4 Å². The van der Waals surface area contributed by atoms with Crippen LogP contribution >= 0.6 is 11.3 Å². The summed E-state index contributed by atoms with van der Waals surface area (Å²) in [5.74, 6) is 0. The van der Waals surface area contributed by atoms with Gasteiger partial charge in [0.25, 0.3) is 0 Å². The van der Waals surface area contributed by atoms with Crippen molar-refractivity contribution in [2.24, 2.45) is 0 Å². The van der Waals surface area contributed by atoms with Gasteiger partial charge in [0.1, 0.15) is 0 Å². The molecule has 102 valence electrons. The van der Waals surface area contributed by atoms with Gasteiger partial charge in [-0.1, -0.05) is 13.3 Å². The summed E-state index contributed by atoms with van der Waals surface area (Å²) in [5, 5.41) is 10.9. The van der Waals surface area contributed by atoms with Crippen LogP contribution in [0.3, 0.4) is 0 Å². The fourth-order valence-corrected chi connectivity index (χ4v) is 5.53. The maximum atomic E-state index is 12.6. The Hall–Kier alpha value is -0.430. The monoisotopic (exact) mass is 289 g/mol. The van der Waals surface area contributed by atoms with Crippen LogP contribution in [0.15, 0.2) is 16.3 Å². The van der Waals surface area contributed by atoms with Gasteiger partial charge in [0, 0.05) is 17.5 Å². The minimum Gasteiger partial charge on any atom is -0.391 e. The molecule has 1 saturated heterocycles. The van der Waals surface area contributed by atoms with Gasteiger partial charge in [-0.3, -0.25) is 0 Å². The van der Waals surface area contributed by atoms with Crippen LogP contribution in [0.4, 0.5) is 0 Å². The second kappa shape index (κ2) is 5.69. The number of hydrogen-bond donors (Lipinski definition) is 1. The molecule has 2 heterocycles. The molecule has 1 aliphatic rings. The average Bonchev–Trinajstić information content (AvgIpc) is 2.87. The Morgan fingerprint density at radius 1 is 1.50 bits per heavy atom. The highest BCUT2D eigenvalue weighted by molar-refractivity contribution is 7.89. The van der Waals surface area contributed by atoms with Crippen molar-refractivity contribution in [1.82, 2.24) is 4.31 Å². The fraction of sp³-hybridized carbons (Fsp3) is 0.667. The number of aliphatic hydroxyl groups excluding tert-OH is 1. The molecule has 0 spiro atoms. The molecule has 1 unspecified atom stereocenters. The molecule has 1 fully saturated rings. The maximum Gasteiger partial charge on any atom is 0.244 e. The number of thiophene rings is 1. The number of hydrogen-bond acceptors (Lipinski definition) is 4. The third-order valence-electron chi connectivity index (χ3n) is 3.48. The number of nitrogens with zero attached hydrogens (tertiary/aromatic N) is 1. The number of piperidine rings is 1. The van der Waals surface area contributed by atoms with Crippen LogP contribution in [0.5, 0.6) is 0 Å². The largest absolute Gasteiger partial charge is 0.391 e. The zero-order chi connectivity index (χ0) is 13.2. The summed E-state index contributed by atoms with van der Waals surface area (Å²) in [5.41, 5.74) is 0. The highest BCUT2D eigenvalue weighted by Crippen LogP contribution is 2.30. The van der Waals surface area contributed by atoms with Crippen molar-refractivity contribution in [2.75, 3.05) is 6.54 Å². The standard InChI is InChI=1S/C12H19NO3S2/c1-2-10-5-3-4-7-13(10)18(15,16)12-6-8-17-11(12)9-14/h6,8,10,14H,2-5,7,9H2,1H3. The lowest BCUT2D eigenvalue weighted by molar-refractivity contribution is 0.245. The van der Waals surface area contributed by atoms with E-state index in [0.717, 1.165) is 25.7 Å². The molecule has 0 aromatic carbocycles. The summed E-state index contributed by atoms with van der Waals surface area (Å²) in [6.07, 6.45) is 3.81. The lowest BCUT2D eigenvalue weighted by Gasteiger charge is -2.34. The molecular formula is C12H19NO3S2. The van der Waals surface area contributed by atoms with Gasteiger partial charge in [0.2, 0.25) is 10.0 Å². The van der Waals surface area contributed by atoms with E-state index in [1.54, 1.807) is 15.8 Å². The topological polar surface area (TPSA) is 57.6 Å². The van der Waals surface area contributed by atoms with Gasteiger partial charge in [0.05, 0.1) is 11.5 Å². The predicted octanol–water partition coefficient (Wildman–Crippen LogP) is 2.19. The third-order valence-corrected chi connectivity index (χ3v) is 6.55. The Labute approximate surface area is 112 Å². The molecule has 1 atom stereocenters. The van der Waals surface area contributed by atoms with E-state index in [1.807, 2.05) is 6.92 Å². The zero-order valence-electron chi connectivity index (χ0n) is 10.5. The SMILES string of the molecule is CCC1CCCCN1S(=O)(=O)c1ccsc1CO. The first-order valence-electron chi connectivity index (χ1n) is 6.30. The number of aliphatic hydroxyl groups is 1. The van der Waals surface area contributed by atoms with Gasteiger partial charge >= 0.3 is 0 Å². The lowest BCUT2D eigenvalue weighted by Crippen LogP contribution is -2.43. The summed E-state index contributed by atoms with van der Waals surface area (Å²) >= 11 is 1.29. The van der Waals surface area contributed by atoms with Gasteiger partial charge in [-0.25, -0.2) is 8.42 Å². The Morgan fingerprint density at radius 2 is 2.28 bits per heavy atom. The molecule has 0 aliphatic carbocycles. The molecule has 2 rings (SSSR count). The van der Waals surface area contributed by atoms with Crippen LogP contribution in [0, 0.1) is 0 Å². The molecule has 1 aromatic heterocycles. The van der Waals surface area contributed by atoms with Crippen molar-refractivity contribution in [2.45, 2.75) is 50.2 Å². The number of rotatable bonds is 4. The molecule has 1 N–H and O–H groups in total.